The zero-order chi connectivity index (χ0) is 22.9. The number of methoxy groups -OCH3 is 1. The average Bonchev–Trinajstić information content (AvgIpc) is 2.85. The number of aromatic nitrogens is 4. The fourth-order valence-electron chi connectivity index (χ4n) is 4.26. The molecule has 0 saturated carbocycles. The van der Waals surface area contributed by atoms with Crippen molar-refractivity contribution >= 4 is 16.5 Å². The summed E-state index contributed by atoms with van der Waals surface area (Å²) in [7, 11) is 3.79. The van der Waals surface area contributed by atoms with E-state index in [1.807, 2.05) is 43.3 Å². The molecule has 33 heavy (non-hydrogen) atoms. The van der Waals surface area contributed by atoms with Crippen LogP contribution in [0.5, 0.6) is 5.75 Å². The van der Waals surface area contributed by atoms with Crippen molar-refractivity contribution in [3.8, 4) is 22.8 Å². The molecule has 0 N–H and O–H groups in total. The van der Waals surface area contributed by atoms with E-state index in [0.29, 0.717) is 5.39 Å². The molecule has 0 unspecified atom stereocenters. The Morgan fingerprint density at radius 3 is 2.45 bits per heavy atom. The number of hydrogen-bond donors (Lipinski definition) is 0. The van der Waals surface area contributed by atoms with Crippen molar-refractivity contribution in [1.82, 2.24) is 24.6 Å². The van der Waals surface area contributed by atoms with E-state index in [-0.39, 0.29) is 11.5 Å². The third-order valence-corrected chi connectivity index (χ3v) is 6.28. The fourth-order valence-corrected chi connectivity index (χ4v) is 4.26. The molecule has 2 aromatic carbocycles. The van der Waals surface area contributed by atoms with Gasteiger partial charge in [0.2, 0.25) is 0 Å². The number of hydrogen-bond acceptors (Lipinski definition) is 7. The number of fused-ring (bicyclic) bond motifs is 1. The Bertz CT molecular complexity index is 1360. The van der Waals surface area contributed by atoms with E-state index in [2.05, 4.69) is 31.9 Å². The third-order valence-electron chi connectivity index (χ3n) is 6.28. The fraction of sp³-hybridized carbons (Fsp3) is 0.280. The van der Waals surface area contributed by atoms with Crippen molar-refractivity contribution < 1.29 is 4.74 Å². The highest BCUT2D eigenvalue weighted by molar-refractivity contribution is 5.87. The molecule has 0 radical (unpaired) electrons. The lowest BCUT2D eigenvalue weighted by Gasteiger charge is -2.33. The summed E-state index contributed by atoms with van der Waals surface area (Å²) in [5.41, 5.74) is 3.83. The molecule has 1 saturated heterocycles. The minimum absolute atomic E-state index is 0.242. The lowest BCUT2D eigenvalue weighted by atomic mass is 9.98. The van der Waals surface area contributed by atoms with Gasteiger partial charge in [0.15, 0.2) is 0 Å². The predicted octanol–water partition coefficient (Wildman–Crippen LogP) is 2.91. The van der Waals surface area contributed by atoms with Gasteiger partial charge in [-0.1, -0.05) is 18.2 Å². The van der Waals surface area contributed by atoms with Gasteiger partial charge in [-0.05, 0) is 48.9 Å². The van der Waals surface area contributed by atoms with Crippen LogP contribution in [0.15, 0.2) is 59.8 Å². The molecule has 3 heterocycles. The van der Waals surface area contributed by atoms with Crippen molar-refractivity contribution in [2.24, 2.45) is 0 Å². The molecule has 0 amide bonds. The Hall–Kier alpha value is -3.78. The lowest BCUT2D eigenvalue weighted by molar-refractivity contribution is 0.312. The molecule has 1 aliphatic rings. The smallest absolute Gasteiger partial charge is 0.282 e. The van der Waals surface area contributed by atoms with Crippen LogP contribution >= 0.6 is 0 Å². The molecule has 168 valence electrons. The summed E-state index contributed by atoms with van der Waals surface area (Å²) in [4.78, 5) is 26.6. The molecule has 0 atom stereocenters. The Morgan fingerprint density at radius 2 is 1.73 bits per heavy atom. The number of rotatable bonds is 4. The zero-order valence-electron chi connectivity index (χ0n) is 19.0. The van der Waals surface area contributed by atoms with Crippen LogP contribution in [0.3, 0.4) is 0 Å². The van der Waals surface area contributed by atoms with Gasteiger partial charge in [0.1, 0.15) is 5.75 Å². The third kappa shape index (κ3) is 3.93. The molecule has 0 aliphatic carbocycles. The number of nitrogens with zero attached hydrogens (tertiary/aromatic N) is 6. The molecule has 0 bridgehead atoms. The van der Waals surface area contributed by atoms with Crippen molar-refractivity contribution in [1.29, 1.82) is 0 Å². The molecule has 4 aromatic rings. The van der Waals surface area contributed by atoms with E-state index in [1.54, 1.807) is 25.7 Å². The minimum Gasteiger partial charge on any atom is -0.496 e. The first kappa shape index (κ1) is 21.1. The molecule has 8 heteroatoms. The minimum atomic E-state index is -0.242. The maximum atomic E-state index is 13.2. The van der Waals surface area contributed by atoms with Gasteiger partial charge < -0.3 is 14.5 Å². The molecule has 5 rings (SSSR count). The van der Waals surface area contributed by atoms with Crippen molar-refractivity contribution in [3.63, 3.8) is 0 Å². The normalized spacial score (nSPS) is 14.6. The SMILES string of the molecule is COc1cccc(-c2ccc3c(=O)n(-c4ncc(N5CCN(C)CC5)cn4)ncc3c2)c1C. The topological polar surface area (TPSA) is 76.4 Å². The maximum Gasteiger partial charge on any atom is 0.282 e. The summed E-state index contributed by atoms with van der Waals surface area (Å²) in [5.74, 6) is 1.10. The number of likely N-dealkylation sites (N-methyl/N-ethyl adjacent to an activating group) is 1. The predicted molar refractivity (Wildman–Crippen MR) is 129 cm³/mol. The van der Waals surface area contributed by atoms with Gasteiger partial charge >= 0.3 is 0 Å². The largest absolute Gasteiger partial charge is 0.496 e. The standard InChI is InChI=1S/C25H26N6O2/c1-17-21(5-4-6-23(17)33-3)18-7-8-22-19(13-18)14-28-31(24(22)32)25-26-15-20(16-27-25)30-11-9-29(2)10-12-30/h4-8,13-16H,9-12H2,1-3H3. The van der Waals surface area contributed by atoms with Crippen LogP contribution in [-0.4, -0.2) is 65.0 Å². The Kier molecular flexibility index (Phi) is 5.51. The van der Waals surface area contributed by atoms with E-state index in [0.717, 1.165) is 59.7 Å². The second kappa shape index (κ2) is 8.63. The highest BCUT2D eigenvalue weighted by atomic mass is 16.5. The van der Waals surface area contributed by atoms with Gasteiger partial charge in [-0.25, -0.2) is 9.97 Å². The number of ether oxygens (including phenoxy) is 1. The highest BCUT2D eigenvalue weighted by Gasteiger charge is 2.16. The van der Waals surface area contributed by atoms with E-state index < -0.39 is 0 Å². The average molecular weight is 443 g/mol. The molecule has 1 fully saturated rings. The van der Waals surface area contributed by atoms with Crippen LogP contribution in [0, 0.1) is 6.92 Å². The van der Waals surface area contributed by atoms with Crippen molar-refractivity contribution in [3.05, 3.63) is 70.9 Å². The number of anilines is 1. The van der Waals surface area contributed by atoms with Gasteiger partial charge in [0, 0.05) is 31.6 Å². The molecule has 8 nitrogen and oxygen atoms in total. The Labute approximate surface area is 192 Å². The van der Waals surface area contributed by atoms with E-state index in [9.17, 15) is 4.79 Å². The molecule has 2 aromatic heterocycles. The Balaban J connectivity index is 1.47. The number of piperazine rings is 1. The van der Waals surface area contributed by atoms with Crippen LogP contribution in [0.4, 0.5) is 5.69 Å². The summed E-state index contributed by atoms with van der Waals surface area (Å²) in [5, 5.41) is 5.69. The molecule has 1 aliphatic heterocycles. The maximum absolute atomic E-state index is 13.2. The van der Waals surface area contributed by atoms with Crippen LogP contribution in [0.1, 0.15) is 5.56 Å². The zero-order valence-corrected chi connectivity index (χ0v) is 19.0. The summed E-state index contributed by atoms with van der Waals surface area (Å²) < 4.78 is 6.70. The molecule has 0 spiro atoms. The Morgan fingerprint density at radius 1 is 0.970 bits per heavy atom. The van der Waals surface area contributed by atoms with E-state index in [1.165, 1.54) is 4.68 Å². The van der Waals surface area contributed by atoms with Gasteiger partial charge in [0.25, 0.3) is 11.5 Å². The van der Waals surface area contributed by atoms with Gasteiger partial charge in [-0.2, -0.15) is 9.78 Å². The van der Waals surface area contributed by atoms with Gasteiger partial charge in [-0.3, -0.25) is 4.79 Å². The summed E-state index contributed by atoms with van der Waals surface area (Å²) in [6, 6.07) is 11.7. The summed E-state index contributed by atoms with van der Waals surface area (Å²) in [6.07, 6.45) is 5.22. The monoisotopic (exact) mass is 442 g/mol. The summed E-state index contributed by atoms with van der Waals surface area (Å²) >= 11 is 0. The highest BCUT2D eigenvalue weighted by Crippen LogP contribution is 2.31. The van der Waals surface area contributed by atoms with Gasteiger partial charge in [-0.15, -0.1) is 0 Å². The van der Waals surface area contributed by atoms with E-state index >= 15 is 0 Å². The lowest BCUT2D eigenvalue weighted by Crippen LogP contribution is -2.44. The summed E-state index contributed by atoms with van der Waals surface area (Å²) in [6.45, 7) is 5.90. The quantitative estimate of drug-likeness (QED) is 0.481. The van der Waals surface area contributed by atoms with Crippen LogP contribution in [0.2, 0.25) is 0 Å². The first-order chi connectivity index (χ1) is 16.0. The van der Waals surface area contributed by atoms with E-state index in [4.69, 9.17) is 4.74 Å². The first-order valence-electron chi connectivity index (χ1n) is 11.0. The van der Waals surface area contributed by atoms with Crippen LogP contribution in [0.25, 0.3) is 27.8 Å². The van der Waals surface area contributed by atoms with Crippen molar-refractivity contribution in [2.45, 2.75) is 6.92 Å². The first-order valence-corrected chi connectivity index (χ1v) is 11.0. The molecular weight excluding hydrogens is 416 g/mol. The van der Waals surface area contributed by atoms with Crippen LogP contribution < -0.4 is 15.2 Å². The second-order valence-corrected chi connectivity index (χ2v) is 8.33. The second-order valence-electron chi connectivity index (χ2n) is 8.33. The van der Waals surface area contributed by atoms with Gasteiger partial charge in [0.05, 0.1) is 36.8 Å². The van der Waals surface area contributed by atoms with Crippen LogP contribution in [-0.2, 0) is 0 Å². The molecular formula is C25H26N6O2. The number of benzene rings is 2. The van der Waals surface area contributed by atoms with Crippen molar-refractivity contribution in [2.75, 3.05) is 45.2 Å².